The van der Waals surface area contributed by atoms with E-state index in [0.29, 0.717) is 23.7 Å². The quantitative estimate of drug-likeness (QED) is 0.417. The van der Waals surface area contributed by atoms with Crippen LogP contribution < -0.4 is 0 Å². The summed E-state index contributed by atoms with van der Waals surface area (Å²) in [7, 11) is 0. The maximum Gasteiger partial charge on any atom is 0.0224 e. The Morgan fingerprint density at radius 3 is 1.27 bits per heavy atom. The van der Waals surface area contributed by atoms with Crippen molar-refractivity contribution in [3.8, 4) is 0 Å². The highest BCUT2D eigenvalue weighted by atomic mass is 14.8. The van der Waals surface area contributed by atoms with Gasteiger partial charge in [0.1, 0.15) is 0 Å². The zero-order valence-corrected chi connectivity index (χ0v) is 17.6. The van der Waals surface area contributed by atoms with E-state index < -0.39 is 0 Å². The summed E-state index contributed by atoms with van der Waals surface area (Å²) >= 11 is 0. The number of rotatable bonds is 0. The van der Waals surface area contributed by atoms with Crippen molar-refractivity contribution < 1.29 is 0 Å². The second-order valence-electron chi connectivity index (χ2n) is 9.90. The molecule has 5 aliphatic rings. The molecule has 5 aliphatic carbocycles. The van der Waals surface area contributed by atoms with E-state index in [4.69, 9.17) is 0 Å². The second-order valence-corrected chi connectivity index (χ2v) is 9.90. The predicted molar refractivity (Wildman–Crippen MR) is 111 cm³/mol. The maximum absolute atomic E-state index is 2.67. The highest BCUT2D eigenvalue weighted by Crippen LogP contribution is 2.79. The Morgan fingerprint density at radius 2 is 0.923 bits per heavy atom. The maximum atomic E-state index is 2.67. The molecule has 2 unspecified atom stereocenters. The standard InChI is InChI=1S/C26H32/c1-13-9-25-10-14(2)19(7)22-20(8)16(4)12-26(24(22)25)11-15(3)18(6)21(17(13)5)23(25)26/h9-12,17,20,23-24H,1-8H3. The summed E-state index contributed by atoms with van der Waals surface area (Å²) in [6.07, 6.45) is 10.6. The molecule has 0 saturated heterocycles. The molecule has 1 saturated carbocycles. The van der Waals surface area contributed by atoms with Crippen molar-refractivity contribution in [2.45, 2.75) is 55.4 Å². The third-order valence-corrected chi connectivity index (χ3v) is 8.86. The molecular formula is C26H32. The normalized spacial score (nSPS) is 45.8. The Hall–Kier alpha value is -1.56. The lowest BCUT2D eigenvalue weighted by Gasteiger charge is -2.74. The van der Waals surface area contributed by atoms with E-state index in [9.17, 15) is 0 Å². The molecule has 1 fully saturated rings. The van der Waals surface area contributed by atoms with Crippen LogP contribution in [0.4, 0.5) is 0 Å². The fourth-order valence-corrected chi connectivity index (χ4v) is 7.46. The van der Waals surface area contributed by atoms with Crippen LogP contribution in [-0.4, -0.2) is 0 Å². The van der Waals surface area contributed by atoms with Crippen molar-refractivity contribution in [2.75, 3.05) is 0 Å². The molecular weight excluding hydrogens is 312 g/mol. The van der Waals surface area contributed by atoms with Crippen LogP contribution in [0.2, 0.25) is 0 Å². The van der Waals surface area contributed by atoms with Crippen LogP contribution >= 0.6 is 0 Å². The Balaban J connectivity index is 1.92. The number of hydrogen-bond acceptors (Lipinski definition) is 0. The van der Waals surface area contributed by atoms with Gasteiger partial charge in [0.15, 0.2) is 0 Å². The lowest BCUT2D eigenvalue weighted by molar-refractivity contribution is -0.0588. The second kappa shape index (κ2) is 4.64. The van der Waals surface area contributed by atoms with E-state index in [1.54, 1.807) is 33.4 Å². The van der Waals surface area contributed by atoms with Crippen molar-refractivity contribution in [2.24, 2.45) is 34.5 Å². The van der Waals surface area contributed by atoms with Gasteiger partial charge in [-0.2, -0.15) is 0 Å². The Kier molecular flexibility index (Phi) is 2.96. The molecule has 0 aliphatic heterocycles. The van der Waals surface area contributed by atoms with Crippen molar-refractivity contribution in [1.82, 2.24) is 0 Å². The first-order chi connectivity index (χ1) is 12.2. The van der Waals surface area contributed by atoms with Gasteiger partial charge in [-0.1, -0.05) is 71.6 Å². The molecule has 0 nitrogen and oxygen atoms in total. The molecule has 0 N–H and O–H groups in total. The highest BCUT2D eigenvalue weighted by Gasteiger charge is 2.73. The van der Waals surface area contributed by atoms with Gasteiger partial charge < -0.3 is 0 Å². The van der Waals surface area contributed by atoms with E-state index in [1.165, 1.54) is 11.1 Å². The zero-order chi connectivity index (χ0) is 18.8. The average Bonchev–Trinajstić information content (AvgIpc) is 2.57. The largest absolute Gasteiger partial charge is 0.0737 e. The summed E-state index contributed by atoms with van der Waals surface area (Å²) in [6, 6.07) is 0. The number of allylic oxidation sites excluding steroid dienone is 12. The minimum absolute atomic E-state index is 0.203. The van der Waals surface area contributed by atoms with Gasteiger partial charge in [0.25, 0.3) is 0 Å². The van der Waals surface area contributed by atoms with Crippen molar-refractivity contribution in [3.63, 3.8) is 0 Å². The van der Waals surface area contributed by atoms with Crippen molar-refractivity contribution in [1.29, 1.82) is 0 Å². The first-order valence-corrected chi connectivity index (χ1v) is 10.4. The molecule has 0 heterocycles. The predicted octanol–water partition coefficient (Wildman–Crippen LogP) is 6.95. The Labute approximate surface area is 159 Å². The fraction of sp³-hybridized carbons (Fsp3) is 0.538. The van der Waals surface area contributed by atoms with Gasteiger partial charge in [0, 0.05) is 22.7 Å². The third kappa shape index (κ3) is 1.52. The highest BCUT2D eigenvalue weighted by molar-refractivity contribution is 5.64. The van der Waals surface area contributed by atoms with Gasteiger partial charge in [-0.15, -0.1) is 0 Å². The molecule has 0 aromatic rings. The van der Waals surface area contributed by atoms with Crippen LogP contribution in [0.3, 0.4) is 0 Å². The molecule has 0 amide bonds. The SMILES string of the molecule is CC1=CC23C=C(C)C(C)C4=C(C)C(C)=CC5(C=C(C)C(C)C(=C1C)C52)C43. The lowest BCUT2D eigenvalue weighted by Crippen LogP contribution is -2.68. The van der Waals surface area contributed by atoms with E-state index in [0.717, 1.165) is 0 Å². The van der Waals surface area contributed by atoms with Crippen LogP contribution in [0.15, 0.2) is 68.9 Å². The van der Waals surface area contributed by atoms with Crippen molar-refractivity contribution in [3.05, 3.63) is 68.9 Å². The van der Waals surface area contributed by atoms with Gasteiger partial charge >= 0.3 is 0 Å². The molecule has 0 heteroatoms. The van der Waals surface area contributed by atoms with Gasteiger partial charge in [0.05, 0.1) is 0 Å². The van der Waals surface area contributed by atoms with Crippen LogP contribution in [0.5, 0.6) is 0 Å². The summed E-state index contributed by atoms with van der Waals surface area (Å²) < 4.78 is 0. The Morgan fingerprint density at radius 1 is 0.577 bits per heavy atom. The van der Waals surface area contributed by atoms with Gasteiger partial charge in [-0.05, 0) is 64.5 Å². The smallest absolute Gasteiger partial charge is 0.0224 e. The van der Waals surface area contributed by atoms with Gasteiger partial charge in [0.2, 0.25) is 0 Å². The average molecular weight is 345 g/mol. The van der Waals surface area contributed by atoms with E-state index in [2.05, 4.69) is 79.7 Å². The topological polar surface area (TPSA) is 0 Å². The van der Waals surface area contributed by atoms with Gasteiger partial charge in [-0.3, -0.25) is 0 Å². The minimum atomic E-state index is 0.203. The molecule has 0 bridgehead atoms. The van der Waals surface area contributed by atoms with Gasteiger partial charge in [-0.25, -0.2) is 0 Å². The van der Waals surface area contributed by atoms with E-state index in [-0.39, 0.29) is 10.8 Å². The minimum Gasteiger partial charge on any atom is -0.0737 e. The molecule has 5 rings (SSSR count). The van der Waals surface area contributed by atoms with Crippen molar-refractivity contribution >= 4 is 0 Å². The summed E-state index contributed by atoms with van der Waals surface area (Å²) in [5.41, 5.74) is 13.1. The number of hydrogen-bond donors (Lipinski definition) is 0. The summed E-state index contributed by atoms with van der Waals surface area (Å²) in [6.45, 7) is 19.0. The third-order valence-electron chi connectivity index (χ3n) is 8.86. The first kappa shape index (κ1) is 16.6. The molecule has 0 radical (unpaired) electrons. The van der Waals surface area contributed by atoms with Crippen LogP contribution in [0.25, 0.3) is 0 Å². The summed E-state index contributed by atoms with van der Waals surface area (Å²) in [5, 5.41) is 0. The summed E-state index contributed by atoms with van der Waals surface area (Å²) in [5.74, 6) is 2.37. The zero-order valence-electron chi connectivity index (χ0n) is 17.6. The van der Waals surface area contributed by atoms with Crippen LogP contribution in [0, 0.1) is 34.5 Å². The molecule has 2 atom stereocenters. The fourth-order valence-electron chi connectivity index (χ4n) is 7.46. The molecule has 2 spiro atoms. The van der Waals surface area contributed by atoms with E-state index >= 15 is 0 Å². The lowest BCUT2D eigenvalue weighted by atomic mass is 9.29. The van der Waals surface area contributed by atoms with E-state index in [1.807, 2.05) is 0 Å². The van der Waals surface area contributed by atoms with Crippen LogP contribution in [-0.2, 0) is 0 Å². The molecule has 136 valence electrons. The first-order valence-electron chi connectivity index (χ1n) is 10.4. The molecule has 26 heavy (non-hydrogen) atoms. The molecule has 0 aromatic heterocycles. The Bertz CT molecular complexity index is 851. The molecule has 0 aromatic carbocycles. The van der Waals surface area contributed by atoms with Crippen LogP contribution in [0.1, 0.15) is 55.4 Å². The summed E-state index contributed by atoms with van der Waals surface area (Å²) in [4.78, 5) is 0. The monoisotopic (exact) mass is 344 g/mol.